The van der Waals surface area contributed by atoms with Crippen LogP contribution in [0.25, 0.3) is 0 Å². The zero-order chi connectivity index (χ0) is 13.7. The molecule has 1 atom stereocenters. The first-order valence-corrected chi connectivity index (χ1v) is 5.77. The number of benzene rings is 1. The van der Waals surface area contributed by atoms with Gasteiger partial charge in [-0.15, -0.1) is 0 Å². The fourth-order valence-corrected chi connectivity index (χ4v) is 1.57. The van der Waals surface area contributed by atoms with Gasteiger partial charge in [0.15, 0.2) is 0 Å². The molecule has 1 amide bonds. The number of hydrogen-bond donors (Lipinski definition) is 3. The van der Waals surface area contributed by atoms with E-state index in [0.717, 1.165) is 0 Å². The Kier molecular flexibility index (Phi) is 4.97. The van der Waals surface area contributed by atoms with Gasteiger partial charge >= 0.3 is 5.97 Å². The number of aromatic hydroxyl groups is 1. The molecule has 0 aliphatic rings. The van der Waals surface area contributed by atoms with Gasteiger partial charge in [0, 0.05) is 11.4 Å². The highest BCUT2D eigenvalue weighted by Gasteiger charge is 2.14. The van der Waals surface area contributed by atoms with Gasteiger partial charge in [-0.1, -0.05) is 11.6 Å². The van der Waals surface area contributed by atoms with Crippen LogP contribution in [0.15, 0.2) is 18.2 Å². The second-order valence-electron chi connectivity index (χ2n) is 3.90. The van der Waals surface area contributed by atoms with Gasteiger partial charge in [-0.3, -0.25) is 9.59 Å². The summed E-state index contributed by atoms with van der Waals surface area (Å²) < 4.78 is 0. The zero-order valence-electron chi connectivity index (χ0n) is 9.81. The zero-order valence-corrected chi connectivity index (χ0v) is 10.6. The number of carbonyl (C=O) groups is 2. The van der Waals surface area contributed by atoms with E-state index in [4.69, 9.17) is 16.7 Å². The number of hydrogen-bond acceptors (Lipinski definition) is 3. The van der Waals surface area contributed by atoms with Crippen LogP contribution in [0.3, 0.4) is 0 Å². The number of aryl methyl sites for hydroxylation is 1. The van der Waals surface area contributed by atoms with Gasteiger partial charge in [-0.2, -0.15) is 0 Å². The maximum Gasteiger partial charge on any atom is 0.325 e. The maximum atomic E-state index is 11.4. The summed E-state index contributed by atoms with van der Waals surface area (Å²) in [4.78, 5) is 22.0. The number of carbonyl (C=O) groups excluding carboxylic acids is 1. The highest BCUT2D eigenvalue weighted by atomic mass is 35.5. The summed E-state index contributed by atoms with van der Waals surface area (Å²) in [6.45, 7) is 1.39. The van der Waals surface area contributed by atoms with E-state index in [-0.39, 0.29) is 18.1 Å². The average Bonchev–Trinajstić information content (AvgIpc) is 2.30. The molecule has 0 spiro atoms. The van der Waals surface area contributed by atoms with Crippen LogP contribution in [0, 0.1) is 0 Å². The minimum Gasteiger partial charge on any atom is -0.508 e. The van der Waals surface area contributed by atoms with E-state index < -0.39 is 12.0 Å². The molecule has 0 saturated carbocycles. The van der Waals surface area contributed by atoms with E-state index in [1.807, 2.05) is 0 Å². The van der Waals surface area contributed by atoms with Gasteiger partial charge in [0.25, 0.3) is 0 Å². The fourth-order valence-electron chi connectivity index (χ4n) is 1.38. The fraction of sp³-hybridized carbons (Fsp3) is 0.333. The van der Waals surface area contributed by atoms with E-state index in [1.54, 1.807) is 12.1 Å². The molecule has 1 aromatic carbocycles. The molecule has 98 valence electrons. The lowest BCUT2D eigenvalue weighted by Gasteiger charge is -2.09. The molecule has 0 aliphatic heterocycles. The van der Waals surface area contributed by atoms with E-state index in [2.05, 4.69) is 5.32 Å². The summed E-state index contributed by atoms with van der Waals surface area (Å²) in [5.41, 5.74) is 0.556. The Morgan fingerprint density at radius 1 is 1.44 bits per heavy atom. The molecule has 0 saturated heterocycles. The number of phenols is 1. The summed E-state index contributed by atoms with van der Waals surface area (Å²) in [5, 5.41) is 21.0. The van der Waals surface area contributed by atoms with Crippen LogP contribution in [0.2, 0.25) is 5.02 Å². The van der Waals surface area contributed by atoms with Crippen LogP contribution < -0.4 is 5.32 Å². The summed E-state index contributed by atoms with van der Waals surface area (Å²) in [7, 11) is 0. The molecule has 3 N–H and O–H groups in total. The minimum atomic E-state index is -1.09. The Labute approximate surface area is 109 Å². The number of amides is 1. The third-order valence-electron chi connectivity index (χ3n) is 2.41. The van der Waals surface area contributed by atoms with Crippen molar-refractivity contribution in [3.8, 4) is 5.75 Å². The first kappa shape index (κ1) is 14.3. The van der Waals surface area contributed by atoms with Crippen LogP contribution in [0.4, 0.5) is 0 Å². The number of phenolic OH excluding ortho intramolecular Hbond substituents is 1. The molecule has 0 aromatic heterocycles. The van der Waals surface area contributed by atoms with Crippen molar-refractivity contribution < 1.29 is 19.8 Å². The van der Waals surface area contributed by atoms with Crippen molar-refractivity contribution in [2.24, 2.45) is 0 Å². The normalized spacial score (nSPS) is 11.9. The molecule has 6 heteroatoms. The highest BCUT2D eigenvalue weighted by Crippen LogP contribution is 2.22. The Morgan fingerprint density at radius 2 is 2.11 bits per heavy atom. The molecular formula is C12H14ClNO4. The lowest BCUT2D eigenvalue weighted by atomic mass is 10.1. The predicted molar refractivity (Wildman–Crippen MR) is 66.7 cm³/mol. The smallest absolute Gasteiger partial charge is 0.325 e. The van der Waals surface area contributed by atoms with Crippen molar-refractivity contribution in [2.75, 3.05) is 0 Å². The van der Waals surface area contributed by atoms with Crippen molar-refractivity contribution in [3.63, 3.8) is 0 Å². The summed E-state index contributed by atoms with van der Waals surface area (Å²) in [6.07, 6.45) is 0.385. The first-order chi connectivity index (χ1) is 8.40. The van der Waals surface area contributed by atoms with Gasteiger partial charge in [0.2, 0.25) is 5.91 Å². The van der Waals surface area contributed by atoms with Crippen molar-refractivity contribution in [2.45, 2.75) is 25.8 Å². The van der Waals surface area contributed by atoms with Crippen LogP contribution >= 0.6 is 11.6 Å². The van der Waals surface area contributed by atoms with Crippen molar-refractivity contribution in [1.29, 1.82) is 0 Å². The summed E-state index contributed by atoms with van der Waals surface area (Å²) in [5.74, 6) is -1.41. The number of nitrogens with one attached hydrogen (secondary N) is 1. The Balaban J connectivity index is 2.52. The molecule has 1 rings (SSSR count). The van der Waals surface area contributed by atoms with Gasteiger partial charge in [0.05, 0.1) is 0 Å². The predicted octanol–water partition coefficient (Wildman–Crippen LogP) is 1.57. The maximum absolute atomic E-state index is 11.4. The number of carboxylic acids is 1. The van der Waals surface area contributed by atoms with E-state index in [1.165, 1.54) is 13.0 Å². The van der Waals surface area contributed by atoms with E-state index in [9.17, 15) is 14.7 Å². The van der Waals surface area contributed by atoms with E-state index >= 15 is 0 Å². The lowest BCUT2D eigenvalue weighted by Crippen LogP contribution is -2.38. The standard InChI is InChI=1S/C12H14ClNO4/c1-7(12(17)18)14-11(16)5-2-8-6-9(13)3-4-10(8)15/h3-4,6-7,15H,2,5H2,1H3,(H,14,16)(H,17,18). The summed E-state index contributed by atoms with van der Waals surface area (Å²) >= 11 is 5.77. The molecule has 0 heterocycles. The van der Waals surface area contributed by atoms with Crippen molar-refractivity contribution >= 4 is 23.5 Å². The molecule has 0 aliphatic carbocycles. The second kappa shape index (κ2) is 6.26. The van der Waals surface area contributed by atoms with Gasteiger partial charge in [-0.25, -0.2) is 0 Å². The molecule has 18 heavy (non-hydrogen) atoms. The number of aliphatic carboxylic acids is 1. The third kappa shape index (κ3) is 4.25. The Hall–Kier alpha value is -1.75. The van der Waals surface area contributed by atoms with Gasteiger partial charge < -0.3 is 15.5 Å². The third-order valence-corrected chi connectivity index (χ3v) is 2.65. The average molecular weight is 272 g/mol. The quantitative estimate of drug-likeness (QED) is 0.759. The number of halogens is 1. The number of carboxylic acid groups (broad SMARTS) is 1. The van der Waals surface area contributed by atoms with Crippen molar-refractivity contribution in [1.82, 2.24) is 5.32 Å². The van der Waals surface area contributed by atoms with Gasteiger partial charge in [-0.05, 0) is 37.1 Å². The molecule has 0 bridgehead atoms. The largest absolute Gasteiger partial charge is 0.508 e. The molecule has 0 radical (unpaired) electrons. The minimum absolute atomic E-state index is 0.0680. The monoisotopic (exact) mass is 271 g/mol. The summed E-state index contributed by atoms with van der Waals surface area (Å²) in [6, 6.07) is 3.65. The molecule has 0 fully saturated rings. The molecule has 1 aromatic rings. The van der Waals surface area contributed by atoms with Crippen LogP contribution in [0.5, 0.6) is 5.75 Å². The van der Waals surface area contributed by atoms with Crippen molar-refractivity contribution in [3.05, 3.63) is 28.8 Å². The second-order valence-corrected chi connectivity index (χ2v) is 4.34. The Morgan fingerprint density at radius 3 is 2.72 bits per heavy atom. The first-order valence-electron chi connectivity index (χ1n) is 5.39. The Bertz CT molecular complexity index is 461. The highest BCUT2D eigenvalue weighted by molar-refractivity contribution is 6.30. The molecule has 1 unspecified atom stereocenters. The van der Waals surface area contributed by atoms with E-state index in [0.29, 0.717) is 17.0 Å². The number of rotatable bonds is 5. The van der Waals surface area contributed by atoms with Crippen LogP contribution in [-0.2, 0) is 16.0 Å². The molecule has 5 nitrogen and oxygen atoms in total. The molecular weight excluding hydrogens is 258 g/mol. The van der Waals surface area contributed by atoms with Gasteiger partial charge in [0.1, 0.15) is 11.8 Å². The topological polar surface area (TPSA) is 86.6 Å². The van der Waals surface area contributed by atoms with Crippen LogP contribution in [-0.4, -0.2) is 28.1 Å². The lowest BCUT2D eigenvalue weighted by molar-refractivity contribution is -0.141. The van der Waals surface area contributed by atoms with Crippen LogP contribution in [0.1, 0.15) is 18.9 Å². The SMILES string of the molecule is CC(NC(=O)CCc1cc(Cl)ccc1O)C(=O)O.